The van der Waals surface area contributed by atoms with E-state index in [0.29, 0.717) is 6.04 Å². The molecule has 0 unspecified atom stereocenters. The molecule has 0 saturated heterocycles. The van der Waals surface area contributed by atoms with Crippen LogP contribution in [0.3, 0.4) is 0 Å². The summed E-state index contributed by atoms with van der Waals surface area (Å²) in [5, 5.41) is 5.86. The smallest absolute Gasteiger partial charge is 0.315 e. The second kappa shape index (κ2) is 3.72. The van der Waals surface area contributed by atoms with Gasteiger partial charge in [0.1, 0.15) is 5.82 Å². The molecule has 4 heteroatoms. The van der Waals surface area contributed by atoms with Crippen LogP contribution in [0.1, 0.15) is 31.2 Å². The molecule has 0 heterocycles. The highest BCUT2D eigenvalue weighted by Crippen LogP contribution is 2.45. The van der Waals surface area contributed by atoms with Crippen LogP contribution in [0.15, 0.2) is 24.3 Å². The van der Waals surface area contributed by atoms with Crippen LogP contribution in [-0.4, -0.2) is 12.1 Å². The Morgan fingerprint density at radius 2 is 2.12 bits per heavy atom. The monoisotopic (exact) mass is 234 g/mol. The molecular formula is C13H15FN2O. The van der Waals surface area contributed by atoms with Crippen molar-refractivity contribution in [2.45, 2.75) is 37.3 Å². The summed E-state index contributed by atoms with van der Waals surface area (Å²) >= 11 is 0. The lowest BCUT2D eigenvalue weighted by Crippen LogP contribution is -2.43. The lowest BCUT2D eigenvalue weighted by Gasteiger charge is -2.18. The summed E-state index contributed by atoms with van der Waals surface area (Å²) in [5.74, 6) is -0.252. The Bertz CT molecular complexity index is 452. The van der Waals surface area contributed by atoms with E-state index in [1.165, 1.54) is 12.1 Å². The number of rotatable bonds is 3. The van der Waals surface area contributed by atoms with Gasteiger partial charge in [-0.2, -0.15) is 0 Å². The van der Waals surface area contributed by atoms with Crippen molar-refractivity contribution in [2.24, 2.45) is 0 Å². The lowest BCUT2D eigenvalue weighted by molar-refractivity contribution is 0.235. The van der Waals surface area contributed by atoms with Crippen LogP contribution in [0.25, 0.3) is 0 Å². The summed E-state index contributed by atoms with van der Waals surface area (Å²) < 4.78 is 13.2. The maximum Gasteiger partial charge on any atom is 0.315 e. The highest BCUT2D eigenvalue weighted by atomic mass is 19.1. The topological polar surface area (TPSA) is 41.1 Å². The maximum atomic E-state index is 13.2. The average Bonchev–Trinajstić information content (AvgIpc) is 3.15. The van der Waals surface area contributed by atoms with Gasteiger partial charge in [0.2, 0.25) is 0 Å². The van der Waals surface area contributed by atoms with Gasteiger partial charge in [-0.1, -0.05) is 12.1 Å². The van der Waals surface area contributed by atoms with Gasteiger partial charge in [0.15, 0.2) is 0 Å². The Balaban J connectivity index is 1.70. The second-order valence-electron chi connectivity index (χ2n) is 4.97. The minimum atomic E-state index is -0.332. The first-order valence-corrected chi connectivity index (χ1v) is 6.03. The number of benzene rings is 1. The van der Waals surface area contributed by atoms with Crippen molar-refractivity contribution in [3.63, 3.8) is 0 Å². The standard InChI is InChI=1S/C13H15FN2O/c14-10-3-1-2-9(8-10)13(6-7-13)16-12(17)15-11-4-5-11/h1-3,8,11H,4-7H2,(H2,15,16,17). The van der Waals surface area contributed by atoms with Crippen LogP contribution in [-0.2, 0) is 5.54 Å². The van der Waals surface area contributed by atoms with Gasteiger partial charge in [-0.25, -0.2) is 9.18 Å². The highest BCUT2D eigenvalue weighted by molar-refractivity contribution is 5.76. The fourth-order valence-electron chi connectivity index (χ4n) is 2.06. The first-order chi connectivity index (χ1) is 8.18. The molecule has 17 heavy (non-hydrogen) atoms. The van der Waals surface area contributed by atoms with Crippen molar-refractivity contribution in [1.29, 1.82) is 0 Å². The van der Waals surface area contributed by atoms with Crippen LogP contribution < -0.4 is 10.6 Å². The Morgan fingerprint density at radius 3 is 2.71 bits per heavy atom. The summed E-state index contributed by atoms with van der Waals surface area (Å²) in [5.41, 5.74) is 0.532. The Kier molecular flexibility index (Phi) is 2.31. The molecule has 2 saturated carbocycles. The van der Waals surface area contributed by atoms with Crippen LogP contribution in [0, 0.1) is 5.82 Å². The zero-order chi connectivity index (χ0) is 11.9. The maximum absolute atomic E-state index is 13.2. The number of halogens is 1. The average molecular weight is 234 g/mol. The SMILES string of the molecule is O=C(NC1CC1)NC1(c2cccc(F)c2)CC1. The molecule has 2 fully saturated rings. The molecule has 0 spiro atoms. The lowest BCUT2D eigenvalue weighted by atomic mass is 10.1. The molecule has 1 aromatic rings. The van der Waals surface area contributed by atoms with E-state index in [9.17, 15) is 9.18 Å². The number of hydrogen-bond donors (Lipinski definition) is 2. The third-order valence-electron chi connectivity index (χ3n) is 3.39. The molecule has 0 bridgehead atoms. The molecule has 3 nitrogen and oxygen atoms in total. The van der Waals surface area contributed by atoms with E-state index in [1.807, 2.05) is 6.07 Å². The predicted molar refractivity (Wildman–Crippen MR) is 62.0 cm³/mol. The van der Waals surface area contributed by atoms with Crippen molar-refractivity contribution < 1.29 is 9.18 Å². The molecule has 2 aliphatic rings. The summed E-state index contributed by atoms with van der Waals surface area (Å²) in [6.07, 6.45) is 3.91. The van der Waals surface area contributed by atoms with Crippen LogP contribution >= 0.6 is 0 Å². The van der Waals surface area contributed by atoms with Gasteiger partial charge in [-0.15, -0.1) is 0 Å². The molecule has 0 atom stereocenters. The summed E-state index contributed by atoms with van der Waals surface area (Å²) in [6.45, 7) is 0. The number of carbonyl (C=O) groups excluding carboxylic acids is 1. The van der Waals surface area contributed by atoms with Gasteiger partial charge in [-0.3, -0.25) is 0 Å². The van der Waals surface area contributed by atoms with Gasteiger partial charge in [0, 0.05) is 6.04 Å². The van der Waals surface area contributed by atoms with Gasteiger partial charge in [0.25, 0.3) is 0 Å². The second-order valence-corrected chi connectivity index (χ2v) is 4.97. The van der Waals surface area contributed by atoms with E-state index >= 15 is 0 Å². The zero-order valence-electron chi connectivity index (χ0n) is 9.50. The minimum Gasteiger partial charge on any atom is -0.335 e. The fourth-order valence-corrected chi connectivity index (χ4v) is 2.06. The largest absolute Gasteiger partial charge is 0.335 e. The van der Waals surface area contributed by atoms with Crippen molar-refractivity contribution in [3.8, 4) is 0 Å². The normalized spacial score (nSPS) is 20.8. The van der Waals surface area contributed by atoms with Crippen molar-refractivity contribution in [2.75, 3.05) is 0 Å². The Hall–Kier alpha value is -1.58. The van der Waals surface area contributed by atoms with Crippen LogP contribution in [0.4, 0.5) is 9.18 Å². The molecule has 0 aromatic heterocycles. The summed E-state index contributed by atoms with van der Waals surface area (Å²) in [4.78, 5) is 11.7. The zero-order valence-corrected chi connectivity index (χ0v) is 9.50. The molecule has 3 rings (SSSR count). The predicted octanol–water partition coefficient (Wildman–Crippen LogP) is 2.28. The van der Waals surface area contributed by atoms with E-state index in [-0.39, 0.29) is 17.4 Å². The number of urea groups is 1. The first kappa shape index (κ1) is 10.6. The minimum absolute atomic E-state index is 0.130. The van der Waals surface area contributed by atoms with E-state index in [4.69, 9.17) is 0 Å². The third kappa shape index (κ3) is 2.25. The molecule has 2 N–H and O–H groups in total. The highest BCUT2D eigenvalue weighted by Gasteiger charge is 2.46. The molecule has 2 amide bonds. The van der Waals surface area contributed by atoms with E-state index in [1.54, 1.807) is 6.07 Å². The fraction of sp³-hybridized carbons (Fsp3) is 0.462. The molecule has 0 aliphatic heterocycles. The number of nitrogens with one attached hydrogen (secondary N) is 2. The van der Waals surface area contributed by atoms with E-state index in [0.717, 1.165) is 31.2 Å². The molecule has 90 valence electrons. The van der Waals surface area contributed by atoms with E-state index < -0.39 is 0 Å². The summed E-state index contributed by atoms with van der Waals surface area (Å²) in [6, 6.07) is 6.69. The molecular weight excluding hydrogens is 219 g/mol. The molecule has 2 aliphatic carbocycles. The number of carbonyl (C=O) groups is 1. The Labute approximate surface area is 99.4 Å². The first-order valence-electron chi connectivity index (χ1n) is 6.03. The van der Waals surface area contributed by atoms with E-state index in [2.05, 4.69) is 10.6 Å². The van der Waals surface area contributed by atoms with Gasteiger partial charge < -0.3 is 10.6 Å². The van der Waals surface area contributed by atoms with Crippen molar-refractivity contribution in [3.05, 3.63) is 35.6 Å². The number of amides is 2. The third-order valence-corrected chi connectivity index (χ3v) is 3.39. The van der Waals surface area contributed by atoms with Crippen molar-refractivity contribution in [1.82, 2.24) is 10.6 Å². The van der Waals surface area contributed by atoms with Gasteiger partial charge >= 0.3 is 6.03 Å². The molecule has 0 radical (unpaired) electrons. The van der Waals surface area contributed by atoms with Gasteiger partial charge in [-0.05, 0) is 43.4 Å². The number of hydrogen-bond acceptors (Lipinski definition) is 1. The summed E-state index contributed by atoms with van der Waals surface area (Å²) in [7, 11) is 0. The Morgan fingerprint density at radius 1 is 1.35 bits per heavy atom. The quantitative estimate of drug-likeness (QED) is 0.827. The van der Waals surface area contributed by atoms with Crippen LogP contribution in [0.5, 0.6) is 0 Å². The molecule has 1 aromatic carbocycles. The van der Waals surface area contributed by atoms with Crippen molar-refractivity contribution >= 4 is 6.03 Å². The van der Waals surface area contributed by atoms with Gasteiger partial charge in [0.05, 0.1) is 5.54 Å². The van der Waals surface area contributed by atoms with Crippen LogP contribution in [0.2, 0.25) is 0 Å².